The lowest BCUT2D eigenvalue weighted by molar-refractivity contribution is -0.137. The van der Waals surface area contributed by atoms with Gasteiger partial charge in [0.25, 0.3) is 0 Å². The smallest absolute Gasteiger partial charge is 0.338 e. The summed E-state index contributed by atoms with van der Waals surface area (Å²) in [4.78, 5) is 11.8. The topological polar surface area (TPSA) is 53.2 Å². The highest BCUT2D eigenvalue weighted by Gasteiger charge is 2.31. The Morgan fingerprint density at radius 1 is 1.32 bits per heavy atom. The van der Waals surface area contributed by atoms with E-state index in [1.54, 1.807) is 0 Å². The van der Waals surface area contributed by atoms with Crippen LogP contribution in [-0.2, 0) is 6.18 Å². The summed E-state index contributed by atoms with van der Waals surface area (Å²) < 4.78 is 38.0. The highest BCUT2D eigenvalue weighted by atomic mass is 35.5. The largest absolute Gasteiger partial charge is 0.416 e. The van der Waals surface area contributed by atoms with E-state index in [9.17, 15) is 18.0 Å². The van der Waals surface area contributed by atoms with E-state index in [4.69, 9.17) is 11.6 Å². The van der Waals surface area contributed by atoms with Gasteiger partial charge in [-0.1, -0.05) is 11.6 Å². The zero-order chi connectivity index (χ0) is 16.2. The molecule has 0 aromatic heterocycles. The van der Waals surface area contributed by atoms with Crippen molar-refractivity contribution in [1.82, 2.24) is 10.6 Å². The van der Waals surface area contributed by atoms with E-state index < -0.39 is 17.8 Å². The van der Waals surface area contributed by atoms with Gasteiger partial charge >= 0.3 is 12.2 Å². The molecule has 1 aromatic carbocycles. The standard InChI is InChI=1S/C14H17ClF3N3O/c15-11-2-1-10(14(16,17)18)7-12(11)21-13(22)20-8-9-3-5-19-6-4-9/h1-2,7,9,19H,3-6,8H2,(H2,20,21,22). The number of rotatable bonds is 3. The van der Waals surface area contributed by atoms with Gasteiger partial charge in [0, 0.05) is 6.54 Å². The molecule has 2 rings (SSSR count). The molecule has 0 radical (unpaired) electrons. The van der Waals surface area contributed by atoms with E-state index in [1.165, 1.54) is 0 Å². The fourth-order valence-electron chi connectivity index (χ4n) is 2.29. The Bertz CT molecular complexity index is 531. The molecule has 2 amide bonds. The lowest BCUT2D eigenvalue weighted by Gasteiger charge is -2.22. The van der Waals surface area contributed by atoms with Crippen LogP contribution in [0.2, 0.25) is 5.02 Å². The summed E-state index contributed by atoms with van der Waals surface area (Å²) in [6.45, 7) is 2.31. The molecule has 22 heavy (non-hydrogen) atoms. The number of carbonyl (C=O) groups is 1. The third-order valence-corrected chi connectivity index (χ3v) is 3.88. The predicted octanol–water partition coefficient (Wildman–Crippen LogP) is 3.48. The zero-order valence-corrected chi connectivity index (χ0v) is 12.5. The number of anilines is 1. The maximum absolute atomic E-state index is 12.7. The molecule has 3 N–H and O–H groups in total. The fourth-order valence-corrected chi connectivity index (χ4v) is 2.45. The molecule has 0 saturated carbocycles. The maximum Gasteiger partial charge on any atom is 0.416 e. The lowest BCUT2D eigenvalue weighted by Crippen LogP contribution is -2.37. The Labute approximate surface area is 131 Å². The van der Waals surface area contributed by atoms with Crippen molar-refractivity contribution < 1.29 is 18.0 Å². The Balaban J connectivity index is 1.93. The van der Waals surface area contributed by atoms with Crippen molar-refractivity contribution in [2.24, 2.45) is 5.92 Å². The summed E-state index contributed by atoms with van der Waals surface area (Å²) in [6, 6.07) is 2.26. The molecule has 122 valence electrons. The van der Waals surface area contributed by atoms with Crippen molar-refractivity contribution >= 4 is 23.3 Å². The number of urea groups is 1. The Morgan fingerprint density at radius 3 is 2.64 bits per heavy atom. The summed E-state index contributed by atoms with van der Waals surface area (Å²) in [5.41, 5.74) is -0.912. The van der Waals surface area contributed by atoms with Crippen molar-refractivity contribution in [1.29, 1.82) is 0 Å². The lowest BCUT2D eigenvalue weighted by atomic mass is 9.98. The van der Waals surface area contributed by atoms with Crippen molar-refractivity contribution in [2.45, 2.75) is 19.0 Å². The van der Waals surface area contributed by atoms with Gasteiger partial charge in [0.2, 0.25) is 0 Å². The van der Waals surface area contributed by atoms with Crippen LogP contribution in [0.3, 0.4) is 0 Å². The van der Waals surface area contributed by atoms with Crippen LogP contribution in [-0.4, -0.2) is 25.7 Å². The minimum Gasteiger partial charge on any atom is -0.338 e. The van der Waals surface area contributed by atoms with E-state index >= 15 is 0 Å². The third-order valence-electron chi connectivity index (χ3n) is 3.55. The van der Waals surface area contributed by atoms with Gasteiger partial charge < -0.3 is 16.0 Å². The zero-order valence-electron chi connectivity index (χ0n) is 11.8. The second kappa shape index (κ2) is 7.19. The summed E-state index contributed by atoms with van der Waals surface area (Å²) in [6.07, 6.45) is -2.55. The van der Waals surface area contributed by atoms with Crippen molar-refractivity contribution in [2.75, 3.05) is 25.0 Å². The van der Waals surface area contributed by atoms with Crippen LogP contribution in [0.5, 0.6) is 0 Å². The van der Waals surface area contributed by atoms with Crippen LogP contribution in [0.1, 0.15) is 18.4 Å². The summed E-state index contributed by atoms with van der Waals surface area (Å²) in [7, 11) is 0. The van der Waals surface area contributed by atoms with Gasteiger partial charge in [-0.3, -0.25) is 0 Å². The van der Waals surface area contributed by atoms with Crippen LogP contribution in [0.15, 0.2) is 18.2 Å². The van der Waals surface area contributed by atoms with E-state index in [0.29, 0.717) is 12.5 Å². The fraction of sp³-hybridized carbons (Fsp3) is 0.500. The van der Waals surface area contributed by atoms with E-state index in [0.717, 1.165) is 44.1 Å². The molecule has 0 spiro atoms. The number of benzene rings is 1. The minimum atomic E-state index is -4.48. The van der Waals surface area contributed by atoms with Crippen LogP contribution in [0.4, 0.5) is 23.7 Å². The first-order chi connectivity index (χ1) is 10.4. The predicted molar refractivity (Wildman–Crippen MR) is 79.1 cm³/mol. The molecule has 4 nitrogen and oxygen atoms in total. The van der Waals surface area contributed by atoms with Crippen molar-refractivity contribution in [3.8, 4) is 0 Å². The van der Waals surface area contributed by atoms with Gasteiger partial charge in [-0.25, -0.2) is 4.79 Å². The second-order valence-corrected chi connectivity index (χ2v) is 5.63. The molecule has 0 unspecified atom stereocenters. The highest BCUT2D eigenvalue weighted by molar-refractivity contribution is 6.33. The van der Waals surface area contributed by atoms with Crippen LogP contribution in [0, 0.1) is 5.92 Å². The molecular weight excluding hydrogens is 319 g/mol. The van der Waals surface area contributed by atoms with Crippen molar-refractivity contribution in [3.05, 3.63) is 28.8 Å². The summed E-state index contributed by atoms with van der Waals surface area (Å²) in [5, 5.41) is 8.31. The van der Waals surface area contributed by atoms with Gasteiger partial charge in [0.1, 0.15) is 0 Å². The SMILES string of the molecule is O=C(NCC1CCNCC1)Nc1cc(C(F)(F)F)ccc1Cl. The number of piperidine rings is 1. The number of alkyl halides is 3. The second-order valence-electron chi connectivity index (χ2n) is 5.22. The first kappa shape index (κ1) is 16.9. The molecule has 8 heteroatoms. The van der Waals surface area contributed by atoms with Gasteiger partial charge in [-0.15, -0.1) is 0 Å². The number of hydrogen-bond acceptors (Lipinski definition) is 2. The van der Waals surface area contributed by atoms with Gasteiger partial charge in [-0.05, 0) is 50.0 Å². The molecule has 1 aliphatic heterocycles. The average molecular weight is 336 g/mol. The molecular formula is C14H17ClF3N3O. The Kier molecular flexibility index (Phi) is 5.52. The molecule has 1 aromatic rings. The molecule has 1 heterocycles. The first-order valence-corrected chi connectivity index (χ1v) is 7.36. The number of carbonyl (C=O) groups excluding carboxylic acids is 1. The minimum absolute atomic E-state index is 0.0562. The van der Waals surface area contributed by atoms with Crippen LogP contribution >= 0.6 is 11.6 Å². The molecule has 0 bridgehead atoms. The monoisotopic (exact) mass is 335 g/mol. The van der Waals surface area contributed by atoms with Crippen LogP contribution in [0.25, 0.3) is 0 Å². The quantitative estimate of drug-likeness (QED) is 0.792. The molecule has 1 saturated heterocycles. The van der Waals surface area contributed by atoms with Crippen molar-refractivity contribution in [3.63, 3.8) is 0 Å². The highest BCUT2D eigenvalue weighted by Crippen LogP contribution is 2.33. The van der Waals surface area contributed by atoms with E-state index in [1.807, 2.05) is 0 Å². The Hall–Kier alpha value is -1.47. The molecule has 0 aliphatic carbocycles. The summed E-state index contributed by atoms with van der Waals surface area (Å²) in [5.74, 6) is 0.379. The molecule has 1 fully saturated rings. The van der Waals surface area contributed by atoms with Crippen LogP contribution < -0.4 is 16.0 Å². The number of amides is 2. The third kappa shape index (κ3) is 4.78. The molecule has 1 aliphatic rings. The Morgan fingerprint density at radius 2 is 2.00 bits per heavy atom. The molecule has 0 atom stereocenters. The van der Waals surface area contributed by atoms with E-state index in [2.05, 4.69) is 16.0 Å². The van der Waals surface area contributed by atoms with E-state index in [-0.39, 0.29) is 10.7 Å². The number of nitrogens with one attached hydrogen (secondary N) is 3. The van der Waals surface area contributed by atoms with Gasteiger partial charge in [0.05, 0.1) is 16.3 Å². The number of hydrogen-bond donors (Lipinski definition) is 3. The normalized spacial score (nSPS) is 16.4. The first-order valence-electron chi connectivity index (χ1n) is 6.98. The average Bonchev–Trinajstić information content (AvgIpc) is 2.47. The summed E-state index contributed by atoms with van der Waals surface area (Å²) >= 11 is 5.82. The van der Waals surface area contributed by atoms with Gasteiger partial charge in [0.15, 0.2) is 0 Å². The maximum atomic E-state index is 12.7. The number of halogens is 4. The van der Waals surface area contributed by atoms with Gasteiger partial charge in [-0.2, -0.15) is 13.2 Å².